The molecule has 1 aliphatic heterocycles. The highest BCUT2D eigenvalue weighted by molar-refractivity contribution is 6.30. The molecule has 0 atom stereocenters. The van der Waals surface area contributed by atoms with Gasteiger partial charge >= 0.3 is 6.01 Å². The Bertz CT molecular complexity index is 932. The van der Waals surface area contributed by atoms with Crippen molar-refractivity contribution in [2.24, 2.45) is 0 Å². The number of hydrogen-bond acceptors (Lipinski definition) is 5. The number of hydrogen-bond donors (Lipinski definition) is 2. The van der Waals surface area contributed by atoms with E-state index in [4.69, 9.17) is 16.3 Å². The zero-order valence-corrected chi connectivity index (χ0v) is 16.8. The summed E-state index contributed by atoms with van der Waals surface area (Å²) >= 11 is 6.08. The van der Waals surface area contributed by atoms with Crippen LogP contribution in [0.2, 0.25) is 5.02 Å². The van der Waals surface area contributed by atoms with Gasteiger partial charge in [0.25, 0.3) is 0 Å². The summed E-state index contributed by atoms with van der Waals surface area (Å²) in [6.45, 7) is 5.94. The van der Waals surface area contributed by atoms with E-state index in [-0.39, 0.29) is 6.10 Å². The van der Waals surface area contributed by atoms with Crippen LogP contribution in [0.5, 0.6) is 6.01 Å². The van der Waals surface area contributed by atoms with Crippen LogP contribution in [0.15, 0.2) is 36.5 Å². The lowest BCUT2D eigenvalue weighted by Crippen LogP contribution is -2.27. The van der Waals surface area contributed by atoms with Gasteiger partial charge in [0.1, 0.15) is 5.69 Å². The zero-order chi connectivity index (χ0) is 19.5. The molecule has 0 saturated carbocycles. The van der Waals surface area contributed by atoms with E-state index in [1.807, 2.05) is 44.2 Å². The highest BCUT2D eigenvalue weighted by Gasteiger charge is 2.25. The number of nitrogens with zero attached hydrogens (tertiary/aromatic N) is 3. The molecule has 0 aliphatic carbocycles. The van der Waals surface area contributed by atoms with Crippen molar-refractivity contribution in [3.05, 3.63) is 47.2 Å². The van der Waals surface area contributed by atoms with Crippen molar-refractivity contribution in [2.45, 2.75) is 38.7 Å². The van der Waals surface area contributed by atoms with Gasteiger partial charge in [-0.25, -0.2) is 4.98 Å². The van der Waals surface area contributed by atoms with Crippen LogP contribution in [0.1, 0.15) is 38.3 Å². The molecular formula is C21H24ClN5O. The van der Waals surface area contributed by atoms with Gasteiger partial charge in [-0.05, 0) is 58.0 Å². The maximum Gasteiger partial charge on any atom is 0.317 e. The van der Waals surface area contributed by atoms with Gasteiger partial charge in [0, 0.05) is 34.0 Å². The zero-order valence-electron chi connectivity index (χ0n) is 16.1. The maximum atomic E-state index is 6.08. The molecule has 0 radical (unpaired) electrons. The number of aromatic nitrogens is 4. The third-order valence-corrected chi connectivity index (χ3v) is 5.14. The van der Waals surface area contributed by atoms with Gasteiger partial charge in [0.05, 0.1) is 11.8 Å². The number of aromatic amines is 1. The first-order chi connectivity index (χ1) is 13.6. The molecule has 1 aliphatic rings. The standard InChI is InChI=1S/C21H24ClN5O/c1-13(2)28-21-24-12-9-17(25-21)18-19(14-3-5-16(22)6-4-14)26-27-20(18)15-7-10-23-11-8-15/h3-6,9,12-13,15,23H,7-8,10-11H2,1-2H3,(H,26,27). The van der Waals surface area contributed by atoms with Gasteiger partial charge in [0.2, 0.25) is 0 Å². The van der Waals surface area contributed by atoms with E-state index in [2.05, 4.69) is 25.5 Å². The van der Waals surface area contributed by atoms with Crippen LogP contribution < -0.4 is 10.1 Å². The first-order valence-electron chi connectivity index (χ1n) is 9.67. The summed E-state index contributed by atoms with van der Waals surface area (Å²) in [5.41, 5.74) is 4.84. The molecule has 1 fully saturated rings. The Morgan fingerprint density at radius 2 is 1.86 bits per heavy atom. The molecule has 28 heavy (non-hydrogen) atoms. The lowest BCUT2D eigenvalue weighted by Gasteiger charge is -2.22. The van der Waals surface area contributed by atoms with Crippen molar-refractivity contribution >= 4 is 11.6 Å². The van der Waals surface area contributed by atoms with E-state index >= 15 is 0 Å². The first-order valence-corrected chi connectivity index (χ1v) is 10.0. The number of ether oxygens (including phenoxy) is 1. The lowest BCUT2D eigenvalue weighted by molar-refractivity contribution is 0.222. The van der Waals surface area contributed by atoms with Crippen LogP contribution in [-0.2, 0) is 0 Å². The normalized spacial score (nSPS) is 15.1. The molecule has 0 amide bonds. The topological polar surface area (TPSA) is 75.7 Å². The second-order valence-corrected chi connectivity index (χ2v) is 7.72. The maximum absolute atomic E-state index is 6.08. The predicted molar refractivity (Wildman–Crippen MR) is 111 cm³/mol. The van der Waals surface area contributed by atoms with E-state index in [0.717, 1.165) is 54.1 Å². The molecule has 6 nitrogen and oxygen atoms in total. The molecular weight excluding hydrogens is 374 g/mol. The summed E-state index contributed by atoms with van der Waals surface area (Å²) in [5, 5.41) is 12.1. The third kappa shape index (κ3) is 4.03. The number of nitrogens with one attached hydrogen (secondary N) is 2. The summed E-state index contributed by atoms with van der Waals surface area (Å²) in [6, 6.07) is 10.0. The molecule has 146 valence electrons. The third-order valence-electron chi connectivity index (χ3n) is 4.89. The number of piperidine rings is 1. The van der Waals surface area contributed by atoms with E-state index < -0.39 is 0 Å². The number of H-pyrrole nitrogens is 1. The predicted octanol–water partition coefficient (Wildman–Crippen LogP) is 4.44. The van der Waals surface area contributed by atoms with Crippen molar-refractivity contribution in [3.63, 3.8) is 0 Å². The average Bonchev–Trinajstić information content (AvgIpc) is 3.14. The second-order valence-electron chi connectivity index (χ2n) is 7.28. The van der Waals surface area contributed by atoms with Crippen molar-refractivity contribution in [1.29, 1.82) is 0 Å². The SMILES string of the molecule is CC(C)Oc1nccc(-c2c(-c3ccc(Cl)cc3)n[nH]c2C2CCNCC2)n1. The Hall–Kier alpha value is -2.44. The Morgan fingerprint density at radius 3 is 2.57 bits per heavy atom. The molecule has 7 heteroatoms. The van der Waals surface area contributed by atoms with Gasteiger partial charge < -0.3 is 10.1 Å². The highest BCUT2D eigenvalue weighted by Crippen LogP contribution is 2.38. The molecule has 3 aromatic rings. The van der Waals surface area contributed by atoms with Crippen LogP contribution in [0, 0.1) is 0 Å². The Labute approximate surface area is 169 Å². The average molecular weight is 398 g/mol. The van der Waals surface area contributed by atoms with E-state index in [9.17, 15) is 0 Å². The van der Waals surface area contributed by atoms with Crippen molar-refractivity contribution in [1.82, 2.24) is 25.5 Å². The number of rotatable bonds is 5. The molecule has 0 bridgehead atoms. The smallest absolute Gasteiger partial charge is 0.317 e. The van der Waals surface area contributed by atoms with Crippen LogP contribution in [-0.4, -0.2) is 39.4 Å². The van der Waals surface area contributed by atoms with Gasteiger partial charge in [-0.1, -0.05) is 23.7 Å². The second kappa shape index (κ2) is 8.29. The molecule has 2 aromatic heterocycles. The van der Waals surface area contributed by atoms with Gasteiger partial charge in [-0.3, -0.25) is 5.10 Å². The van der Waals surface area contributed by atoms with Gasteiger partial charge in [0.15, 0.2) is 0 Å². The van der Waals surface area contributed by atoms with Crippen LogP contribution in [0.4, 0.5) is 0 Å². The van der Waals surface area contributed by atoms with Crippen LogP contribution in [0.25, 0.3) is 22.5 Å². The van der Waals surface area contributed by atoms with Crippen molar-refractivity contribution in [2.75, 3.05) is 13.1 Å². The summed E-state index contributed by atoms with van der Waals surface area (Å²) in [4.78, 5) is 8.93. The monoisotopic (exact) mass is 397 g/mol. The van der Waals surface area contributed by atoms with Crippen LogP contribution >= 0.6 is 11.6 Å². The molecule has 1 aromatic carbocycles. The minimum atomic E-state index is 0.0132. The molecule has 3 heterocycles. The molecule has 4 rings (SSSR count). The number of halogens is 1. The molecule has 0 spiro atoms. The highest BCUT2D eigenvalue weighted by atomic mass is 35.5. The fourth-order valence-corrected chi connectivity index (χ4v) is 3.71. The largest absolute Gasteiger partial charge is 0.461 e. The van der Waals surface area contributed by atoms with Crippen LogP contribution in [0.3, 0.4) is 0 Å². The fraction of sp³-hybridized carbons (Fsp3) is 0.381. The molecule has 1 saturated heterocycles. The summed E-state index contributed by atoms with van der Waals surface area (Å²) in [7, 11) is 0. The van der Waals surface area contributed by atoms with Gasteiger partial charge in [-0.2, -0.15) is 10.1 Å². The van der Waals surface area contributed by atoms with E-state index in [0.29, 0.717) is 17.0 Å². The lowest BCUT2D eigenvalue weighted by atomic mass is 9.89. The van der Waals surface area contributed by atoms with Gasteiger partial charge in [-0.15, -0.1) is 0 Å². The number of benzene rings is 1. The molecule has 2 N–H and O–H groups in total. The van der Waals surface area contributed by atoms with Crippen molar-refractivity contribution in [3.8, 4) is 28.5 Å². The minimum absolute atomic E-state index is 0.0132. The Balaban J connectivity index is 1.82. The van der Waals surface area contributed by atoms with E-state index in [1.54, 1.807) is 6.20 Å². The summed E-state index contributed by atoms with van der Waals surface area (Å²) in [6.07, 6.45) is 3.88. The van der Waals surface area contributed by atoms with E-state index in [1.165, 1.54) is 0 Å². The Morgan fingerprint density at radius 1 is 1.11 bits per heavy atom. The minimum Gasteiger partial charge on any atom is -0.461 e. The molecule has 0 unspecified atom stereocenters. The quantitative estimate of drug-likeness (QED) is 0.665. The first kappa shape index (κ1) is 18.9. The van der Waals surface area contributed by atoms with Crippen molar-refractivity contribution < 1.29 is 4.74 Å². The Kier molecular flexibility index (Phi) is 5.59. The summed E-state index contributed by atoms with van der Waals surface area (Å²) < 4.78 is 5.72. The fourth-order valence-electron chi connectivity index (χ4n) is 3.59. The summed E-state index contributed by atoms with van der Waals surface area (Å²) in [5.74, 6) is 0.411.